The van der Waals surface area contributed by atoms with Gasteiger partial charge in [0.2, 0.25) is 0 Å². The number of para-hydroxylation sites is 4. The number of fused-ring (bicyclic) bond motifs is 9. The molecule has 0 fully saturated rings. The van der Waals surface area contributed by atoms with E-state index >= 15 is 0 Å². The third-order valence-corrected chi connectivity index (χ3v) is 21.3. The highest BCUT2D eigenvalue weighted by Crippen LogP contribution is 2.53. The molecule has 0 aliphatic heterocycles. The Labute approximate surface area is 644 Å². The number of nitrogens with one attached hydrogen (secondary N) is 2. The molecule has 0 bridgehead atoms. The van der Waals surface area contributed by atoms with Crippen LogP contribution in [-0.2, 0) is 32.5 Å². The van der Waals surface area contributed by atoms with Crippen LogP contribution in [-0.4, -0.2) is 0 Å². The fourth-order valence-electron chi connectivity index (χ4n) is 13.5. The maximum atomic E-state index is 8.01. The second kappa shape index (κ2) is 28.9. The highest BCUT2D eigenvalue weighted by atomic mass is 79.9. The van der Waals surface area contributed by atoms with Crippen LogP contribution in [0.25, 0.3) is 65.8 Å². The van der Waals surface area contributed by atoms with Crippen molar-refractivity contribution in [3.8, 4) is 0 Å². The first-order valence-electron chi connectivity index (χ1n) is 36.7. The fraction of sp³-hybridized carbons (Fsp3) is 0.250. The zero-order chi connectivity index (χ0) is 75.6. The number of anilines is 10. The number of nitrogens with zero attached hydrogens (tertiary/aromatic N) is 2. The number of halogens is 3. The van der Waals surface area contributed by atoms with Crippen molar-refractivity contribution in [2.45, 2.75) is 157 Å². The molecule has 12 aromatic carbocycles. The van der Waals surface area contributed by atoms with Crippen molar-refractivity contribution in [1.29, 1.82) is 0 Å². The van der Waals surface area contributed by atoms with Crippen molar-refractivity contribution in [3.63, 3.8) is 0 Å². The van der Waals surface area contributed by atoms with E-state index in [-0.39, 0.29) is 32.5 Å². The van der Waals surface area contributed by atoms with E-state index in [0.29, 0.717) is 10.0 Å². The molecule has 3 aromatic heterocycles. The molecule has 540 valence electrons. The van der Waals surface area contributed by atoms with E-state index in [1.807, 2.05) is 78.9 Å². The van der Waals surface area contributed by atoms with Gasteiger partial charge in [0.05, 0.1) is 48.6 Å². The Morgan fingerprint density at radius 1 is 0.274 bits per heavy atom. The molecule has 0 saturated heterocycles. The van der Waals surface area contributed by atoms with Gasteiger partial charge < -0.3 is 33.7 Å². The highest BCUT2D eigenvalue weighted by molar-refractivity contribution is 9.10. The minimum Gasteiger partial charge on any atom is -0.455 e. The third kappa shape index (κ3) is 15.6. The van der Waals surface area contributed by atoms with Gasteiger partial charge in [-0.05, 0) is 227 Å². The first-order chi connectivity index (χ1) is 50.1. The normalized spacial score (nSPS) is 12.4. The van der Waals surface area contributed by atoms with Crippen molar-refractivity contribution in [1.82, 2.24) is 0 Å². The third-order valence-electron chi connectivity index (χ3n) is 19.9. The first kappa shape index (κ1) is 74.6. The Kier molecular flexibility index (Phi) is 20.3. The average Bonchev–Trinajstić information content (AvgIpc) is 1.55. The summed E-state index contributed by atoms with van der Waals surface area (Å²) in [5.41, 5.74) is 21.9. The van der Waals surface area contributed by atoms with Gasteiger partial charge in [-0.25, -0.2) is 0 Å². The standard InChI is InChI=1S/C58H59ClN2O2.C20H23BrO.C18H15ClN2/c1-55(2,3)36-26-28-50-42(30-36)44-32-38(57(7,8)9)34-48(53(44)62-50)60(40-20-15-13-16-21-40)46-24-19-25-47(52(46)59)61(41-22-17-14-18-23-41)49-35-39(58(10,11)12)33-45-43-31-37(56(4,5)6)27-29-51(43)63-54(45)49;1-19(2,3)12-7-8-17-14(9-12)15-10-13(20(4,5)6)11-16(21)18(15)22-17;19-18-16(20-14-8-3-1-4-9-14)12-7-13-17(18)21-15-10-5-2-6-11-15/h13-35H,1-12H3;7-11H,1-6H3;1-13,20-21H. The molecule has 0 unspecified atom stereocenters. The van der Waals surface area contributed by atoms with Crippen LogP contribution in [0.2, 0.25) is 10.0 Å². The summed E-state index contributed by atoms with van der Waals surface area (Å²) in [5.74, 6) is 0. The maximum Gasteiger partial charge on any atom is 0.159 e. The average molecular weight is 1510 g/mol. The van der Waals surface area contributed by atoms with E-state index < -0.39 is 0 Å². The van der Waals surface area contributed by atoms with Crippen LogP contribution in [0.15, 0.2) is 266 Å². The van der Waals surface area contributed by atoms with Crippen molar-refractivity contribution < 1.29 is 13.3 Å². The van der Waals surface area contributed by atoms with Crippen LogP contribution < -0.4 is 20.4 Å². The lowest BCUT2D eigenvalue weighted by atomic mass is 9.84. The van der Waals surface area contributed by atoms with Gasteiger partial charge >= 0.3 is 0 Å². The van der Waals surface area contributed by atoms with E-state index in [1.54, 1.807) is 0 Å². The molecule has 0 aliphatic rings. The van der Waals surface area contributed by atoms with E-state index in [2.05, 4.69) is 331 Å². The molecule has 0 radical (unpaired) electrons. The number of hydrogen-bond acceptors (Lipinski definition) is 7. The zero-order valence-electron chi connectivity index (χ0n) is 64.4. The molecule has 0 amide bonds. The predicted octanol–water partition coefficient (Wildman–Crippen LogP) is 31.0. The minimum atomic E-state index is -0.157. The van der Waals surface area contributed by atoms with Crippen LogP contribution >= 0.6 is 39.1 Å². The Hall–Kier alpha value is -9.70. The lowest BCUT2D eigenvalue weighted by Crippen LogP contribution is -2.17. The topological polar surface area (TPSA) is 70.0 Å². The molecule has 15 aromatic rings. The van der Waals surface area contributed by atoms with Crippen LogP contribution in [0.5, 0.6) is 0 Å². The van der Waals surface area contributed by atoms with E-state index in [4.69, 9.17) is 36.5 Å². The molecule has 7 nitrogen and oxygen atoms in total. The molecule has 3 heterocycles. The summed E-state index contributed by atoms with van der Waals surface area (Å²) in [5, 5.41) is 14.7. The van der Waals surface area contributed by atoms with Crippen molar-refractivity contribution >= 4 is 162 Å². The first-order valence-corrected chi connectivity index (χ1v) is 38.2. The lowest BCUT2D eigenvalue weighted by Gasteiger charge is -2.32. The van der Waals surface area contributed by atoms with Crippen molar-refractivity contribution in [2.24, 2.45) is 0 Å². The number of furan rings is 3. The fourth-order valence-corrected chi connectivity index (χ4v) is 14.5. The Balaban J connectivity index is 0.000000186. The summed E-state index contributed by atoms with van der Waals surface area (Å²) in [7, 11) is 0. The molecule has 15 rings (SSSR count). The lowest BCUT2D eigenvalue weighted by molar-refractivity contribution is 0.589. The number of hydrogen-bond donors (Lipinski definition) is 2. The van der Waals surface area contributed by atoms with Crippen molar-refractivity contribution in [3.05, 3.63) is 297 Å². The van der Waals surface area contributed by atoms with Crippen molar-refractivity contribution in [2.75, 3.05) is 20.4 Å². The van der Waals surface area contributed by atoms with Gasteiger partial charge in [-0.1, -0.05) is 251 Å². The summed E-state index contributed by atoms with van der Waals surface area (Å²) in [6.07, 6.45) is 0. The minimum absolute atomic E-state index is 0.0212. The SMILES string of the molecule is CC(C)(C)c1ccc2oc3c(Br)cc(C(C)(C)C)cc3c2c1.CC(C)(C)c1ccc2oc3c(N(c4ccccc4)c4cccc(N(c5ccccc5)c5cc(C(C)(C)C)cc6c5oc5ccc(C(C)(C)C)cc56)c4Cl)cc(C(C)(C)C)cc3c2c1.Clc1c(Nc2ccccc2)cccc1Nc1ccccc1. The summed E-state index contributed by atoms with van der Waals surface area (Å²) in [4.78, 5) is 4.55. The van der Waals surface area contributed by atoms with E-state index in [1.165, 1.54) is 44.2 Å². The molecule has 2 N–H and O–H groups in total. The quantitative estimate of drug-likeness (QED) is 0.141. The molecule has 10 heteroatoms. The Morgan fingerprint density at radius 2 is 0.566 bits per heavy atom. The smallest absolute Gasteiger partial charge is 0.159 e. The van der Waals surface area contributed by atoms with Crippen LogP contribution in [0, 0.1) is 0 Å². The number of benzene rings is 12. The summed E-state index contributed by atoms with van der Waals surface area (Å²) in [6.45, 7) is 40.6. The summed E-state index contributed by atoms with van der Waals surface area (Å²) < 4.78 is 21.0. The second-order valence-electron chi connectivity index (χ2n) is 34.1. The predicted molar refractivity (Wildman–Crippen MR) is 460 cm³/mol. The van der Waals surface area contributed by atoms with Crippen LogP contribution in [0.3, 0.4) is 0 Å². The van der Waals surface area contributed by atoms with Crippen LogP contribution in [0.1, 0.15) is 158 Å². The molecule has 0 atom stereocenters. The maximum absolute atomic E-state index is 8.01. The Bertz CT molecular complexity index is 5430. The van der Waals surface area contributed by atoms with Gasteiger partial charge in [-0.15, -0.1) is 0 Å². The largest absolute Gasteiger partial charge is 0.455 e. The monoisotopic (exact) mass is 1500 g/mol. The summed E-state index contributed by atoms with van der Waals surface area (Å²) >= 11 is 18.2. The summed E-state index contributed by atoms with van der Waals surface area (Å²) in [6, 6.07) is 86.7. The van der Waals surface area contributed by atoms with E-state index in [0.717, 1.165) is 116 Å². The van der Waals surface area contributed by atoms with Gasteiger partial charge in [-0.3, -0.25) is 0 Å². The Morgan fingerprint density at radius 3 is 0.906 bits per heavy atom. The van der Waals surface area contributed by atoms with Gasteiger partial charge in [0, 0.05) is 55.1 Å². The zero-order valence-corrected chi connectivity index (χ0v) is 67.5. The molecule has 0 aliphatic carbocycles. The van der Waals surface area contributed by atoms with Crippen LogP contribution in [0.4, 0.5) is 56.9 Å². The van der Waals surface area contributed by atoms with Gasteiger partial charge in [-0.2, -0.15) is 0 Å². The number of rotatable bonds is 10. The highest BCUT2D eigenvalue weighted by Gasteiger charge is 2.32. The molecule has 106 heavy (non-hydrogen) atoms. The molecule has 0 spiro atoms. The second-order valence-corrected chi connectivity index (χ2v) is 35.7. The molecular formula is C96H97BrCl2N4O3. The van der Waals surface area contributed by atoms with E-state index in [9.17, 15) is 0 Å². The van der Waals surface area contributed by atoms with Gasteiger partial charge in [0.1, 0.15) is 22.3 Å². The molecular weight excluding hydrogens is 1410 g/mol. The van der Waals surface area contributed by atoms with Gasteiger partial charge in [0.15, 0.2) is 11.2 Å². The van der Waals surface area contributed by atoms with Gasteiger partial charge in [0.25, 0.3) is 0 Å². The molecule has 0 saturated carbocycles.